The number of nitrogens with zero attached hydrogens (tertiary/aromatic N) is 2. The minimum atomic E-state index is -0.601. The lowest BCUT2D eigenvalue weighted by molar-refractivity contribution is -0.124. The lowest BCUT2D eigenvalue weighted by Crippen LogP contribution is -2.38. The van der Waals surface area contributed by atoms with Crippen molar-refractivity contribution >= 4 is 17.0 Å². The van der Waals surface area contributed by atoms with E-state index in [2.05, 4.69) is 10.3 Å². The fourth-order valence-corrected chi connectivity index (χ4v) is 2.37. The van der Waals surface area contributed by atoms with Crippen LogP contribution in [0.25, 0.3) is 11.1 Å². The van der Waals surface area contributed by atoms with Crippen LogP contribution in [0.4, 0.5) is 0 Å². The van der Waals surface area contributed by atoms with Gasteiger partial charge in [0.05, 0.1) is 6.61 Å². The summed E-state index contributed by atoms with van der Waals surface area (Å²) in [6, 6.07) is -0.601. The Morgan fingerprint density at radius 1 is 1.50 bits per heavy atom. The van der Waals surface area contributed by atoms with Gasteiger partial charge >= 0.3 is 0 Å². The average molecular weight is 307 g/mol. The Morgan fingerprint density at radius 3 is 2.86 bits per heavy atom. The van der Waals surface area contributed by atoms with E-state index in [0.29, 0.717) is 36.4 Å². The second kappa shape index (κ2) is 6.74. The highest BCUT2D eigenvalue weighted by molar-refractivity contribution is 5.81. The Bertz CT molecular complexity index is 732. The largest absolute Gasteiger partial charge is 0.443 e. The van der Waals surface area contributed by atoms with Gasteiger partial charge in [0.2, 0.25) is 11.6 Å². The summed E-state index contributed by atoms with van der Waals surface area (Å²) in [5.41, 5.74) is 0.815. The SMILES string of the molecule is CC[C@@H](C(=O)NCCOC)n1cnc2oc(C)c(C)c2c1=O. The molecule has 2 heterocycles. The molecule has 1 N–H and O–H groups in total. The van der Waals surface area contributed by atoms with Gasteiger partial charge in [-0.3, -0.25) is 14.2 Å². The monoisotopic (exact) mass is 307 g/mol. The molecule has 0 saturated carbocycles. The summed E-state index contributed by atoms with van der Waals surface area (Å²) in [6.45, 7) is 6.28. The molecular weight excluding hydrogens is 286 g/mol. The lowest BCUT2D eigenvalue weighted by atomic mass is 10.2. The van der Waals surface area contributed by atoms with Crippen molar-refractivity contribution in [2.24, 2.45) is 0 Å². The van der Waals surface area contributed by atoms with E-state index in [0.717, 1.165) is 5.56 Å². The first-order valence-electron chi connectivity index (χ1n) is 7.24. The van der Waals surface area contributed by atoms with E-state index in [9.17, 15) is 9.59 Å². The van der Waals surface area contributed by atoms with E-state index in [4.69, 9.17) is 9.15 Å². The summed E-state index contributed by atoms with van der Waals surface area (Å²) in [4.78, 5) is 29.1. The molecule has 0 radical (unpaired) electrons. The predicted molar refractivity (Wildman–Crippen MR) is 82.0 cm³/mol. The maximum atomic E-state index is 12.7. The van der Waals surface area contributed by atoms with Crippen molar-refractivity contribution in [3.8, 4) is 0 Å². The van der Waals surface area contributed by atoms with Gasteiger partial charge in [-0.2, -0.15) is 0 Å². The smallest absolute Gasteiger partial charge is 0.265 e. The van der Waals surface area contributed by atoms with Gasteiger partial charge in [-0.15, -0.1) is 0 Å². The van der Waals surface area contributed by atoms with Crippen LogP contribution in [0.5, 0.6) is 0 Å². The van der Waals surface area contributed by atoms with Crippen LogP contribution in [0.2, 0.25) is 0 Å². The van der Waals surface area contributed by atoms with Gasteiger partial charge in [0.25, 0.3) is 5.56 Å². The van der Waals surface area contributed by atoms with Gasteiger partial charge in [0.1, 0.15) is 23.5 Å². The maximum absolute atomic E-state index is 12.7. The summed E-state index contributed by atoms with van der Waals surface area (Å²) in [5, 5.41) is 3.19. The average Bonchev–Trinajstić information content (AvgIpc) is 2.78. The number of aromatic nitrogens is 2. The molecule has 1 amide bonds. The molecule has 2 aromatic heterocycles. The Hall–Kier alpha value is -2.15. The number of carbonyl (C=O) groups excluding carboxylic acids is 1. The van der Waals surface area contributed by atoms with Gasteiger partial charge in [-0.25, -0.2) is 4.98 Å². The molecule has 0 fully saturated rings. The van der Waals surface area contributed by atoms with Crippen molar-refractivity contribution in [2.75, 3.05) is 20.3 Å². The van der Waals surface area contributed by atoms with Crippen LogP contribution in [0.3, 0.4) is 0 Å². The van der Waals surface area contributed by atoms with Crippen molar-refractivity contribution < 1.29 is 13.9 Å². The second-order valence-electron chi connectivity index (χ2n) is 5.13. The lowest BCUT2D eigenvalue weighted by Gasteiger charge is -2.17. The predicted octanol–water partition coefficient (Wildman–Crippen LogP) is 1.32. The maximum Gasteiger partial charge on any atom is 0.265 e. The number of hydrogen-bond donors (Lipinski definition) is 1. The second-order valence-corrected chi connectivity index (χ2v) is 5.13. The Morgan fingerprint density at radius 2 is 2.23 bits per heavy atom. The molecule has 7 nitrogen and oxygen atoms in total. The van der Waals surface area contributed by atoms with Crippen LogP contribution in [-0.4, -0.2) is 35.7 Å². The summed E-state index contributed by atoms with van der Waals surface area (Å²) in [5.74, 6) is 0.440. The van der Waals surface area contributed by atoms with Crippen molar-refractivity contribution in [1.82, 2.24) is 14.9 Å². The zero-order valence-electron chi connectivity index (χ0n) is 13.3. The van der Waals surface area contributed by atoms with E-state index in [1.165, 1.54) is 10.9 Å². The minimum absolute atomic E-state index is 0.222. The Balaban J connectivity index is 2.39. The van der Waals surface area contributed by atoms with E-state index in [1.807, 2.05) is 13.8 Å². The molecular formula is C15H21N3O4. The van der Waals surface area contributed by atoms with E-state index >= 15 is 0 Å². The van der Waals surface area contributed by atoms with Gasteiger partial charge in [-0.1, -0.05) is 6.92 Å². The van der Waals surface area contributed by atoms with E-state index < -0.39 is 6.04 Å². The number of nitrogens with one attached hydrogen (secondary N) is 1. The van der Waals surface area contributed by atoms with Crippen LogP contribution in [0.15, 0.2) is 15.5 Å². The highest BCUT2D eigenvalue weighted by Gasteiger charge is 2.22. The molecule has 0 spiro atoms. The number of furan rings is 1. The third-order valence-electron chi connectivity index (χ3n) is 3.75. The number of fused-ring (bicyclic) bond motifs is 1. The fourth-order valence-electron chi connectivity index (χ4n) is 2.37. The van der Waals surface area contributed by atoms with Crippen LogP contribution >= 0.6 is 0 Å². The van der Waals surface area contributed by atoms with E-state index in [1.54, 1.807) is 14.0 Å². The fraction of sp³-hybridized carbons (Fsp3) is 0.533. The standard InChI is InChI=1S/C15H21N3O4/c1-5-11(13(19)16-6-7-21-4)18-8-17-14-12(15(18)20)9(2)10(3)22-14/h8,11H,5-7H2,1-4H3,(H,16,19)/t11-/m0/s1. The Labute approximate surface area is 128 Å². The summed E-state index contributed by atoms with van der Waals surface area (Å²) < 4.78 is 11.7. The molecule has 7 heteroatoms. The molecule has 0 aliphatic rings. The molecule has 0 aliphatic carbocycles. The van der Waals surface area contributed by atoms with Crippen molar-refractivity contribution in [2.45, 2.75) is 33.2 Å². The molecule has 2 aromatic rings. The van der Waals surface area contributed by atoms with Crippen LogP contribution in [0.1, 0.15) is 30.7 Å². The molecule has 22 heavy (non-hydrogen) atoms. The van der Waals surface area contributed by atoms with E-state index in [-0.39, 0.29) is 11.5 Å². The first-order chi connectivity index (χ1) is 10.5. The normalized spacial score (nSPS) is 12.5. The quantitative estimate of drug-likeness (QED) is 0.813. The zero-order chi connectivity index (χ0) is 16.3. The highest BCUT2D eigenvalue weighted by atomic mass is 16.5. The molecule has 1 atom stereocenters. The van der Waals surface area contributed by atoms with Crippen LogP contribution in [0, 0.1) is 13.8 Å². The van der Waals surface area contributed by atoms with Gasteiger partial charge < -0.3 is 14.5 Å². The number of ether oxygens (including phenoxy) is 1. The zero-order valence-corrected chi connectivity index (χ0v) is 13.3. The van der Waals surface area contributed by atoms with Gasteiger partial charge in [-0.05, 0) is 20.3 Å². The van der Waals surface area contributed by atoms with Gasteiger partial charge in [0.15, 0.2) is 0 Å². The van der Waals surface area contributed by atoms with Crippen molar-refractivity contribution in [1.29, 1.82) is 0 Å². The number of methoxy groups -OCH3 is 1. The topological polar surface area (TPSA) is 86.4 Å². The number of hydrogen-bond acceptors (Lipinski definition) is 5. The third-order valence-corrected chi connectivity index (χ3v) is 3.75. The van der Waals surface area contributed by atoms with Crippen LogP contribution in [-0.2, 0) is 9.53 Å². The number of aryl methyl sites for hydroxylation is 2. The first-order valence-corrected chi connectivity index (χ1v) is 7.24. The number of amides is 1. The molecule has 0 aliphatic heterocycles. The minimum Gasteiger partial charge on any atom is -0.443 e. The molecule has 0 aromatic carbocycles. The summed E-state index contributed by atoms with van der Waals surface area (Å²) in [7, 11) is 1.57. The van der Waals surface area contributed by atoms with Gasteiger partial charge in [0, 0.05) is 19.2 Å². The first kappa shape index (κ1) is 16.2. The highest BCUT2D eigenvalue weighted by Crippen LogP contribution is 2.20. The number of rotatable bonds is 6. The summed E-state index contributed by atoms with van der Waals surface area (Å²) in [6.07, 6.45) is 1.86. The molecule has 0 unspecified atom stereocenters. The van der Waals surface area contributed by atoms with Crippen LogP contribution < -0.4 is 10.9 Å². The number of carbonyl (C=O) groups is 1. The summed E-state index contributed by atoms with van der Waals surface area (Å²) >= 11 is 0. The molecule has 0 saturated heterocycles. The molecule has 2 rings (SSSR count). The molecule has 0 bridgehead atoms. The third kappa shape index (κ3) is 2.89. The molecule has 120 valence electrons. The Kier molecular flexibility index (Phi) is 4.97. The van der Waals surface area contributed by atoms with Crippen molar-refractivity contribution in [3.63, 3.8) is 0 Å². The van der Waals surface area contributed by atoms with Crippen molar-refractivity contribution in [3.05, 3.63) is 28.0 Å².